The molecule has 0 aliphatic heterocycles. The molecule has 3 heteroatoms. The van der Waals surface area contributed by atoms with Crippen molar-refractivity contribution in [3.63, 3.8) is 0 Å². The van der Waals surface area contributed by atoms with Gasteiger partial charge in [0.1, 0.15) is 0 Å². The minimum atomic E-state index is -1.36. The summed E-state index contributed by atoms with van der Waals surface area (Å²) in [5, 5.41) is 1.54. The Morgan fingerprint density at radius 2 is 1.92 bits per heavy atom. The second-order valence-corrected chi connectivity index (χ2v) is 13.1. The molecule has 1 aromatic carbocycles. The summed E-state index contributed by atoms with van der Waals surface area (Å²) >= 11 is 0. The van der Waals surface area contributed by atoms with Gasteiger partial charge in [-0.25, -0.2) is 0 Å². The van der Waals surface area contributed by atoms with Gasteiger partial charge >= 0.3 is 0 Å². The molecule has 0 spiro atoms. The molecule has 0 amide bonds. The number of benzene rings is 1. The van der Waals surface area contributed by atoms with E-state index in [2.05, 4.69) is 57.0 Å². The molecule has 1 aliphatic rings. The molecule has 1 aromatic heterocycles. The van der Waals surface area contributed by atoms with E-state index in [1.807, 2.05) is 6.07 Å². The van der Waals surface area contributed by atoms with Crippen LogP contribution in [0.3, 0.4) is 0 Å². The van der Waals surface area contributed by atoms with Crippen LogP contribution in [-0.4, -0.2) is 13.1 Å². The summed E-state index contributed by atoms with van der Waals surface area (Å²) in [6.45, 7) is 9.45. The number of hydrogen-bond acceptors (Lipinski definition) is 1. The molecule has 2 aromatic rings. The largest absolute Gasteiger partial charge is 0.305 e. The Balaban J connectivity index is 0.00000208. The first-order valence-corrected chi connectivity index (χ1v) is 12.4. The number of nitrogens with zero attached hydrogens (tertiary/aromatic N) is 1. The van der Waals surface area contributed by atoms with Crippen molar-refractivity contribution in [2.24, 2.45) is 5.92 Å². The SMILES string of the molecule is Cc1ccc[c-]c1-c1cc(CC2CCCC2)c([Si](C)(C)C)cn1.[Ir]. The molecular formula is C21H28IrNSi-. The standard InChI is InChI=1S/C21H28NSi.Ir/c1-16-9-5-8-12-19(16)20-14-18(13-17-10-6-7-11-17)21(15-22-20)23(2,3)4;/h5,8-9,14-15,17H,6-7,10-11,13H2,1-4H3;/q-1;. The zero-order valence-electron chi connectivity index (χ0n) is 15.3. The van der Waals surface area contributed by atoms with E-state index >= 15 is 0 Å². The molecule has 131 valence electrons. The fourth-order valence-electron chi connectivity index (χ4n) is 3.80. The Labute approximate surface area is 161 Å². The van der Waals surface area contributed by atoms with Crippen LogP contribution in [0, 0.1) is 18.9 Å². The molecular weight excluding hydrogens is 487 g/mol. The molecule has 0 saturated heterocycles. The van der Waals surface area contributed by atoms with Crippen molar-refractivity contribution >= 4 is 13.3 Å². The predicted octanol–water partition coefficient (Wildman–Crippen LogP) is 5.13. The first-order valence-electron chi connectivity index (χ1n) is 8.92. The first kappa shape index (κ1) is 19.6. The van der Waals surface area contributed by atoms with Crippen LogP contribution in [0.4, 0.5) is 0 Å². The fourth-order valence-corrected chi connectivity index (χ4v) is 5.39. The van der Waals surface area contributed by atoms with Crippen molar-refractivity contribution in [2.75, 3.05) is 0 Å². The van der Waals surface area contributed by atoms with Gasteiger partial charge in [-0.15, -0.1) is 35.4 Å². The Morgan fingerprint density at radius 3 is 2.54 bits per heavy atom. The van der Waals surface area contributed by atoms with Crippen LogP contribution in [0.25, 0.3) is 11.3 Å². The van der Waals surface area contributed by atoms with Gasteiger partial charge in [0.15, 0.2) is 0 Å². The minimum Gasteiger partial charge on any atom is -0.305 e. The molecule has 1 aliphatic carbocycles. The van der Waals surface area contributed by atoms with Crippen LogP contribution in [0.15, 0.2) is 30.5 Å². The van der Waals surface area contributed by atoms with E-state index in [9.17, 15) is 0 Å². The van der Waals surface area contributed by atoms with Crippen molar-refractivity contribution < 1.29 is 20.1 Å². The van der Waals surface area contributed by atoms with Gasteiger partial charge in [-0.1, -0.05) is 63.9 Å². The van der Waals surface area contributed by atoms with E-state index in [0.717, 1.165) is 17.2 Å². The molecule has 1 nitrogen and oxygen atoms in total. The predicted molar refractivity (Wildman–Crippen MR) is 102 cm³/mol. The number of hydrogen-bond donors (Lipinski definition) is 0. The smallest absolute Gasteiger partial charge is 0.0798 e. The summed E-state index contributed by atoms with van der Waals surface area (Å²) in [5.41, 5.74) is 5.06. The average molecular weight is 515 g/mol. The van der Waals surface area contributed by atoms with Gasteiger partial charge < -0.3 is 4.98 Å². The number of aromatic nitrogens is 1. The van der Waals surface area contributed by atoms with Crippen LogP contribution in [0.2, 0.25) is 19.6 Å². The Morgan fingerprint density at radius 1 is 1.21 bits per heavy atom. The van der Waals surface area contributed by atoms with E-state index in [-0.39, 0.29) is 20.1 Å². The maximum Gasteiger partial charge on any atom is 0.0798 e. The molecule has 1 saturated carbocycles. The van der Waals surface area contributed by atoms with Gasteiger partial charge in [-0.05, 0) is 23.2 Å². The zero-order chi connectivity index (χ0) is 16.4. The van der Waals surface area contributed by atoms with Gasteiger partial charge in [-0.3, -0.25) is 0 Å². The fraction of sp³-hybridized carbons (Fsp3) is 0.476. The summed E-state index contributed by atoms with van der Waals surface area (Å²) < 4.78 is 0. The third-order valence-electron chi connectivity index (χ3n) is 5.10. The van der Waals surface area contributed by atoms with Gasteiger partial charge in [-0.2, -0.15) is 0 Å². The van der Waals surface area contributed by atoms with Crippen molar-refractivity contribution in [1.82, 2.24) is 4.98 Å². The Kier molecular flexibility index (Phi) is 6.58. The van der Waals surface area contributed by atoms with Crippen LogP contribution in [-0.2, 0) is 26.5 Å². The average Bonchev–Trinajstić information content (AvgIpc) is 2.99. The Hall–Kier alpha value is -0.764. The van der Waals surface area contributed by atoms with E-state index < -0.39 is 8.07 Å². The van der Waals surface area contributed by atoms with Gasteiger partial charge in [0.05, 0.1) is 8.07 Å². The van der Waals surface area contributed by atoms with Crippen LogP contribution in [0.5, 0.6) is 0 Å². The van der Waals surface area contributed by atoms with E-state index in [1.165, 1.54) is 37.7 Å². The van der Waals surface area contributed by atoms with Crippen LogP contribution in [0.1, 0.15) is 36.8 Å². The third-order valence-corrected chi connectivity index (χ3v) is 7.17. The molecule has 0 bridgehead atoms. The monoisotopic (exact) mass is 515 g/mol. The maximum absolute atomic E-state index is 4.81. The molecule has 0 unspecified atom stereocenters. The summed E-state index contributed by atoms with van der Waals surface area (Å²) in [6.07, 6.45) is 9.04. The van der Waals surface area contributed by atoms with E-state index in [1.54, 1.807) is 10.8 Å². The molecule has 24 heavy (non-hydrogen) atoms. The van der Waals surface area contributed by atoms with Crippen molar-refractivity contribution in [1.29, 1.82) is 0 Å². The topological polar surface area (TPSA) is 12.9 Å². The van der Waals surface area contributed by atoms with Crippen molar-refractivity contribution in [3.05, 3.63) is 47.7 Å². The summed E-state index contributed by atoms with van der Waals surface area (Å²) in [7, 11) is -1.36. The van der Waals surface area contributed by atoms with Gasteiger partial charge in [0.25, 0.3) is 0 Å². The maximum atomic E-state index is 4.81. The quantitative estimate of drug-likeness (QED) is 0.407. The number of aryl methyl sites for hydroxylation is 1. The summed E-state index contributed by atoms with van der Waals surface area (Å²) in [6, 6.07) is 11.9. The van der Waals surface area contributed by atoms with E-state index in [0.29, 0.717) is 0 Å². The molecule has 1 fully saturated rings. The molecule has 1 heterocycles. The summed E-state index contributed by atoms with van der Waals surface area (Å²) in [4.78, 5) is 4.81. The van der Waals surface area contributed by atoms with Crippen LogP contribution >= 0.6 is 0 Å². The second kappa shape index (κ2) is 8.08. The van der Waals surface area contributed by atoms with Gasteiger partial charge in [0, 0.05) is 26.3 Å². The van der Waals surface area contributed by atoms with Crippen molar-refractivity contribution in [2.45, 2.75) is 58.7 Å². The van der Waals surface area contributed by atoms with Crippen LogP contribution < -0.4 is 5.19 Å². The van der Waals surface area contributed by atoms with Crippen molar-refractivity contribution in [3.8, 4) is 11.3 Å². The number of pyridine rings is 1. The summed E-state index contributed by atoms with van der Waals surface area (Å²) in [5.74, 6) is 0.876. The second-order valence-electron chi connectivity index (χ2n) is 8.06. The zero-order valence-corrected chi connectivity index (χ0v) is 18.7. The number of rotatable bonds is 4. The molecule has 0 atom stereocenters. The molecule has 3 rings (SSSR count). The first-order chi connectivity index (χ1) is 10.9. The Bertz CT molecular complexity index is 684. The minimum absolute atomic E-state index is 0. The van der Waals surface area contributed by atoms with E-state index in [4.69, 9.17) is 4.98 Å². The normalized spacial score (nSPS) is 15.3. The molecule has 1 radical (unpaired) electrons. The van der Waals surface area contributed by atoms with Gasteiger partial charge in [0.2, 0.25) is 0 Å². The molecule has 0 N–H and O–H groups in total. The third kappa shape index (κ3) is 4.44.